The van der Waals surface area contributed by atoms with Crippen molar-refractivity contribution in [2.24, 2.45) is 0 Å². The second-order valence-electron chi connectivity index (χ2n) is 8.12. The molecule has 0 saturated carbocycles. The van der Waals surface area contributed by atoms with Gasteiger partial charge in [-0.2, -0.15) is 0 Å². The molecule has 168 valence electrons. The smallest absolute Gasteiger partial charge is 0.322 e. The van der Waals surface area contributed by atoms with Crippen molar-refractivity contribution in [3.63, 3.8) is 0 Å². The molecule has 2 N–H and O–H groups in total. The number of rotatable bonds is 6. The number of aryl methyl sites for hydroxylation is 1. The summed E-state index contributed by atoms with van der Waals surface area (Å²) in [6, 6.07) is 19.7. The minimum Gasteiger partial charge on any atom is -0.322 e. The van der Waals surface area contributed by atoms with Crippen molar-refractivity contribution in [2.75, 3.05) is 5.32 Å². The van der Waals surface area contributed by atoms with Crippen LogP contribution in [-0.4, -0.2) is 28.8 Å². The standard InChI is InChI=1S/C26H24FN3O3/c1-16-13-14-21(20(27)15-16)28-24(31)23(17(2)18-9-5-3-6-10-18)30-25(32)22(29-26(30)33)19-11-7-4-8-12-19/h3-15,17,22-23H,1-2H3,(H,28,31)(H,29,33)/t17?,22-,23?/m1/s1. The van der Waals surface area contributed by atoms with Crippen LogP contribution in [0.5, 0.6) is 0 Å². The maximum absolute atomic E-state index is 14.4. The van der Waals surface area contributed by atoms with Gasteiger partial charge >= 0.3 is 6.03 Å². The first-order valence-corrected chi connectivity index (χ1v) is 10.7. The Balaban J connectivity index is 1.70. The average Bonchev–Trinajstić information content (AvgIpc) is 3.11. The fourth-order valence-corrected chi connectivity index (χ4v) is 4.06. The maximum Gasteiger partial charge on any atom is 0.325 e. The summed E-state index contributed by atoms with van der Waals surface area (Å²) in [6.45, 7) is 3.51. The minimum atomic E-state index is -1.19. The molecule has 0 aromatic heterocycles. The summed E-state index contributed by atoms with van der Waals surface area (Å²) in [6.07, 6.45) is 0. The van der Waals surface area contributed by atoms with Gasteiger partial charge in [-0.1, -0.05) is 73.7 Å². The molecule has 1 heterocycles. The first kappa shape index (κ1) is 22.2. The van der Waals surface area contributed by atoms with Crippen molar-refractivity contribution in [2.45, 2.75) is 31.8 Å². The van der Waals surface area contributed by atoms with Crippen molar-refractivity contribution in [1.29, 1.82) is 0 Å². The number of anilines is 1. The van der Waals surface area contributed by atoms with Gasteiger partial charge in [0.1, 0.15) is 17.9 Å². The number of carbonyl (C=O) groups is 3. The van der Waals surface area contributed by atoms with Gasteiger partial charge in [0.15, 0.2) is 0 Å². The number of urea groups is 1. The Morgan fingerprint density at radius 2 is 1.64 bits per heavy atom. The van der Waals surface area contributed by atoms with Crippen LogP contribution in [0.2, 0.25) is 0 Å². The third-order valence-corrected chi connectivity index (χ3v) is 5.83. The van der Waals surface area contributed by atoms with Crippen LogP contribution in [0.4, 0.5) is 14.9 Å². The van der Waals surface area contributed by atoms with E-state index >= 15 is 0 Å². The maximum atomic E-state index is 14.4. The molecule has 0 radical (unpaired) electrons. The van der Waals surface area contributed by atoms with Gasteiger partial charge < -0.3 is 10.6 Å². The van der Waals surface area contributed by atoms with Crippen molar-refractivity contribution in [1.82, 2.24) is 10.2 Å². The summed E-state index contributed by atoms with van der Waals surface area (Å²) >= 11 is 0. The molecule has 0 aliphatic carbocycles. The molecule has 0 bridgehead atoms. The highest BCUT2D eigenvalue weighted by atomic mass is 19.1. The second kappa shape index (κ2) is 9.24. The van der Waals surface area contributed by atoms with Crippen molar-refractivity contribution in [3.8, 4) is 0 Å². The summed E-state index contributed by atoms with van der Waals surface area (Å²) in [7, 11) is 0. The highest BCUT2D eigenvalue weighted by Crippen LogP contribution is 2.31. The first-order chi connectivity index (χ1) is 15.9. The molecule has 4 amide bonds. The molecule has 3 aromatic rings. The molecule has 6 nitrogen and oxygen atoms in total. The Morgan fingerprint density at radius 1 is 1.00 bits per heavy atom. The molecule has 3 atom stereocenters. The van der Waals surface area contributed by atoms with Crippen LogP contribution < -0.4 is 10.6 Å². The molecule has 1 fully saturated rings. The number of nitrogens with one attached hydrogen (secondary N) is 2. The van der Waals surface area contributed by atoms with E-state index in [0.717, 1.165) is 10.5 Å². The van der Waals surface area contributed by atoms with Gasteiger partial charge in [-0.25, -0.2) is 14.1 Å². The van der Waals surface area contributed by atoms with Crippen LogP contribution in [0.15, 0.2) is 78.9 Å². The first-order valence-electron chi connectivity index (χ1n) is 10.7. The lowest BCUT2D eigenvalue weighted by Gasteiger charge is -2.30. The normalized spacial score (nSPS) is 17.4. The number of hydrogen-bond donors (Lipinski definition) is 2. The molecule has 1 saturated heterocycles. The third-order valence-electron chi connectivity index (χ3n) is 5.83. The van der Waals surface area contributed by atoms with E-state index in [1.54, 1.807) is 44.2 Å². The molecule has 1 aliphatic heterocycles. The number of hydrogen-bond acceptors (Lipinski definition) is 3. The van der Waals surface area contributed by atoms with Gasteiger partial charge in [-0.15, -0.1) is 0 Å². The van der Waals surface area contributed by atoms with E-state index in [0.29, 0.717) is 11.1 Å². The van der Waals surface area contributed by atoms with Crippen LogP contribution >= 0.6 is 0 Å². The Bertz CT molecular complexity index is 1180. The summed E-state index contributed by atoms with van der Waals surface area (Å²) in [5.41, 5.74) is 2.09. The summed E-state index contributed by atoms with van der Waals surface area (Å²) in [5.74, 6) is -2.30. The Morgan fingerprint density at radius 3 is 2.27 bits per heavy atom. The summed E-state index contributed by atoms with van der Waals surface area (Å²) in [4.78, 5) is 40.7. The average molecular weight is 445 g/mol. The summed E-state index contributed by atoms with van der Waals surface area (Å²) < 4.78 is 14.4. The molecule has 7 heteroatoms. The number of carbonyl (C=O) groups excluding carboxylic acids is 3. The van der Waals surface area contributed by atoms with E-state index in [4.69, 9.17) is 0 Å². The molecule has 0 spiro atoms. The van der Waals surface area contributed by atoms with E-state index in [2.05, 4.69) is 10.6 Å². The molecule has 1 aliphatic rings. The van der Waals surface area contributed by atoms with E-state index < -0.39 is 41.7 Å². The zero-order valence-electron chi connectivity index (χ0n) is 18.3. The highest BCUT2D eigenvalue weighted by molar-refractivity contribution is 6.09. The van der Waals surface area contributed by atoms with Crippen LogP contribution in [0.3, 0.4) is 0 Å². The van der Waals surface area contributed by atoms with Gasteiger partial charge in [0, 0.05) is 5.92 Å². The van der Waals surface area contributed by atoms with Crippen molar-refractivity contribution in [3.05, 3.63) is 101 Å². The van der Waals surface area contributed by atoms with E-state index in [1.165, 1.54) is 12.1 Å². The minimum absolute atomic E-state index is 0.0116. The van der Waals surface area contributed by atoms with Gasteiger partial charge in [0.25, 0.3) is 5.91 Å². The number of amides is 4. The van der Waals surface area contributed by atoms with Crippen LogP contribution in [0.1, 0.15) is 35.6 Å². The number of halogens is 1. The molecule has 2 unspecified atom stereocenters. The summed E-state index contributed by atoms with van der Waals surface area (Å²) in [5, 5.41) is 5.25. The Labute approximate surface area is 191 Å². The monoisotopic (exact) mass is 445 g/mol. The van der Waals surface area contributed by atoms with E-state index in [-0.39, 0.29) is 5.69 Å². The van der Waals surface area contributed by atoms with Gasteiger partial charge in [-0.05, 0) is 35.7 Å². The lowest BCUT2D eigenvalue weighted by molar-refractivity contribution is -0.134. The topological polar surface area (TPSA) is 78.5 Å². The van der Waals surface area contributed by atoms with Gasteiger partial charge in [0.2, 0.25) is 5.91 Å². The zero-order valence-corrected chi connectivity index (χ0v) is 18.3. The number of benzene rings is 3. The van der Waals surface area contributed by atoms with Gasteiger partial charge in [0.05, 0.1) is 5.69 Å². The SMILES string of the molecule is Cc1ccc(NC(=O)C(C(C)c2ccccc2)N2C(=O)N[C@H](c3ccccc3)C2=O)c(F)c1. The van der Waals surface area contributed by atoms with Crippen LogP contribution in [0, 0.1) is 12.7 Å². The van der Waals surface area contributed by atoms with Crippen molar-refractivity contribution >= 4 is 23.5 Å². The fraction of sp³-hybridized carbons (Fsp3) is 0.192. The van der Waals surface area contributed by atoms with Crippen LogP contribution in [0.25, 0.3) is 0 Å². The molecule has 3 aromatic carbocycles. The lowest BCUT2D eigenvalue weighted by Crippen LogP contribution is -2.50. The van der Waals surface area contributed by atoms with Crippen molar-refractivity contribution < 1.29 is 18.8 Å². The molecular weight excluding hydrogens is 421 g/mol. The van der Waals surface area contributed by atoms with Crippen LogP contribution in [-0.2, 0) is 9.59 Å². The predicted octanol–water partition coefficient (Wildman–Crippen LogP) is 4.54. The highest BCUT2D eigenvalue weighted by Gasteiger charge is 2.47. The second-order valence-corrected chi connectivity index (χ2v) is 8.12. The fourth-order valence-electron chi connectivity index (χ4n) is 4.06. The zero-order chi connectivity index (χ0) is 23.5. The quantitative estimate of drug-likeness (QED) is 0.547. The Hall–Kier alpha value is -4.00. The number of nitrogens with zero attached hydrogens (tertiary/aromatic N) is 1. The van der Waals surface area contributed by atoms with E-state index in [9.17, 15) is 18.8 Å². The van der Waals surface area contributed by atoms with E-state index in [1.807, 2.05) is 36.4 Å². The molecular formula is C26H24FN3O3. The molecule has 4 rings (SSSR count). The Kier molecular flexibility index (Phi) is 6.22. The predicted molar refractivity (Wildman–Crippen MR) is 123 cm³/mol. The molecule has 33 heavy (non-hydrogen) atoms. The lowest BCUT2D eigenvalue weighted by atomic mass is 9.91. The third kappa shape index (κ3) is 4.48. The largest absolute Gasteiger partial charge is 0.325 e. The van der Waals surface area contributed by atoms with Gasteiger partial charge in [-0.3, -0.25) is 9.59 Å². The number of imide groups is 1.